The predicted molar refractivity (Wildman–Crippen MR) is 120 cm³/mol. The minimum absolute atomic E-state index is 0.0992. The number of esters is 1. The standard InChI is InChI=1S/C22H21FN4O5S/c1-12-17-19(25-15-9-3-2-6-10-27(15)20(17)29)33-18(12)21(30)32-11-16(28)26-22(31)24-14-8-5-4-7-13(14)23/h4-5,7-8H,2-3,6,9-11H2,1H3,(H2,24,26,28,31). The lowest BCUT2D eigenvalue weighted by Gasteiger charge is -2.08. The highest BCUT2D eigenvalue weighted by Crippen LogP contribution is 2.29. The van der Waals surface area contributed by atoms with Crippen LogP contribution in [0.3, 0.4) is 0 Å². The van der Waals surface area contributed by atoms with E-state index in [2.05, 4.69) is 10.3 Å². The number of carbonyl (C=O) groups is 3. The van der Waals surface area contributed by atoms with E-state index in [0.29, 0.717) is 34.6 Å². The van der Waals surface area contributed by atoms with Crippen LogP contribution in [0.4, 0.5) is 14.9 Å². The van der Waals surface area contributed by atoms with Crippen molar-refractivity contribution >= 4 is 45.1 Å². The molecule has 1 aliphatic rings. The number of hydrogen-bond donors (Lipinski definition) is 2. The Bertz CT molecular complexity index is 1320. The molecule has 0 bridgehead atoms. The fourth-order valence-electron chi connectivity index (χ4n) is 3.68. The minimum atomic E-state index is -0.960. The van der Waals surface area contributed by atoms with Crippen molar-refractivity contribution in [2.45, 2.75) is 39.2 Å². The van der Waals surface area contributed by atoms with Gasteiger partial charge < -0.3 is 10.1 Å². The Morgan fingerprint density at radius 2 is 2.00 bits per heavy atom. The highest BCUT2D eigenvalue weighted by molar-refractivity contribution is 7.20. The lowest BCUT2D eigenvalue weighted by Crippen LogP contribution is -2.37. The molecule has 11 heteroatoms. The van der Waals surface area contributed by atoms with E-state index in [0.717, 1.165) is 36.7 Å². The van der Waals surface area contributed by atoms with Crippen molar-refractivity contribution in [2.24, 2.45) is 0 Å². The average molecular weight is 472 g/mol. The number of anilines is 1. The topological polar surface area (TPSA) is 119 Å². The third kappa shape index (κ3) is 4.77. The molecule has 3 aromatic rings. The second-order valence-corrected chi connectivity index (χ2v) is 8.59. The summed E-state index contributed by atoms with van der Waals surface area (Å²) >= 11 is 1.04. The third-order valence-electron chi connectivity index (χ3n) is 5.31. The van der Waals surface area contributed by atoms with Crippen LogP contribution in [0, 0.1) is 12.7 Å². The first-order valence-electron chi connectivity index (χ1n) is 10.4. The van der Waals surface area contributed by atoms with Crippen molar-refractivity contribution in [1.29, 1.82) is 0 Å². The zero-order chi connectivity index (χ0) is 23.5. The fraction of sp³-hybridized carbons (Fsp3) is 0.318. The first kappa shape index (κ1) is 22.6. The molecule has 0 atom stereocenters. The van der Waals surface area contributed by atoms with Crippen molar-refractivity contribution < 1.29 is 23.5 Å². The monoisotopic (exact) mass is 472 g/mol. The fourth-order valence-corrected chi connectivity index (χ4v) is 4.76. The van der Waals surface area contributed by atoms with Crippen LogP contribution in [-0.4, -0.2) is 34.1 Å². The normalized spacial score (nSPS) is 13.2. The maximum absolute atomic E-state index is 13.6. The number of aryl methyl sites for hydroxylation is 2. The molecule has 2 N–H and O–H groups in total. The maximum atomic E-state index is 13.6. The Morgan fingerprint density at radius 3 is 2.79 bits per heavy atom. The number of benzene rings is 1. The number of ether oxygens (including phenoxy) is 1. The van der Waals surface area contributed by atoms with Crippen LogP contribution < -0.4 is 16.2 Å². The molecule has 2 aromatic heterocycles. The number of fused-ring (bicyclic) bond motifs is 2. The summed E-state index contributed by atoms with van der Waals surface area (Å²) in [6, 6.07) is 4.51. The molecule has 3 heterocycles. The second kappa shape index (κ2) is 9.49. The Balaban J connectivity index is 1.42. The van der Waals surface area contributed by atoms with E-state index in [4.69, 9.17) is 4.74 Å². The van der Waals surface area contributed by atoms with Gasteiger partial charge in [0.2, 0.25) is 0 Å². The number of halogens is 1. The third-order valence-corrected chi connectivity index (χ3v) is 6.47. The number of thiophene rings is 1. The van der Waals surface area contributed by atoms with Gasteiger partial charge in [-0.3, -0.25) is 19.5 Å². The summed E-state index contributed by atoms with van der Waals surface area (Å²) in [5, 5.41) is 4.54. The predicted octanol–water partition coefficient (Wildman–Crippen LogP) is 3.14. The van der Waals surface area contributed by atoms with Gasteiger partial charge in [0.25, 0.3) is 11.5 Å². The molecular formula is C22H21FN4O5S. The molecule has 0 saturated heterocycles. The SMILES string of the molecule is Cc1c(C(=O)OCC(=O)NC(=O)Nc2ccccc2F)sc2nc3n(c(=O)c12)CCCCC3. The molecule has 3 amide bonds. The summed E-state index contributed by atoms with van der Waals surface area (Å²) < 4.78 is 20.3. The Hall–Kier alpha value is -3.60. The van der Waals surface area contributed by atoms with E-state index in [-0.39, 0.29) is 16.1 Å². The van der Waals surface area contributed by atoms with E-state index in [1.807, 2.05) is 5.32 Å². The number of para-hydroxylation sites is 1. The maximum Gasteiger partial charge on any atom is 0.349 e. The van der Waals surface area contributed by atoms with Crippen LogP contribution in [-0.2, 0) is 22.5 Å². The second-order valence-electron chi connectivity index (χ2n) is 7.59. The number of urea groups is 1. The lowest BCUT2D eigenvalue weighted by molar-refractivity contribution is -0.123. The van der Waals surface area contributed by atoms with Gasteiger partial charge in [0.05, 0.1) is 11.1 Å². The molecule has 172 valence electrons. The Labute approximate surface area is 191 Å². The number of carbonyl (C=O) groups excluding carboxylic acids is 3. The van der Waals surface area contributed by atoms with Crippen LogP contribution in [0.5, 0.6) is 0 Å². The molecule has 33 heavy (non-hydrogen) atoms. The number of imide groups is 1. The van der Waals surface area contributed by atoms with Crippen LogP contribution in [0.1, 0.15) is 40.3 Å². The van der Waals surface area contributed by atoms with Gasteiger partial charge in [0.15, 0.2) is 6.61 Å². The molecule has 0 radical (unpaired) electrons. The van der Waals surface area contributed by atoms with Gasteiger partial charge in [-0.1, -0.05) is 18.6 Å². The molecule has 0 saturated carbocycles. The summed E-state index contributed by atoms with van der Waals surface area (Å²) in [5.41, 5.74) is 0.180. The van der Waals surface area contributed by atoms with E-state index in [1.54, 1.807) is 11.5 Å². The van der Waals surface area contributed by atoms with Crippen molar-refractivity contribution in [3.05, 3.63) is 56.7 Å². The Morgan fingerprint density at radius 1 is 1.21 bits per heavy atom. The summed E-state index contributed by atoms with van der Waals surface area (Å²) in [7, 11) is 0. The molecule has 1 aromatic carbocycles. The molecule has 4 rings (SSSR count). The number of nitrogens with zero attached hydrogens (tertiary/aromatic N) is 2. The highest BCUT2D eigenvalue weighted by Gasteiger charge is 2.23. The number of rotatable bonds is 4. The largest absolute Gasteiger partial charge is 0.451 e. The number of hydrogen-bond acceptors (Lipinski definition) is 7. The van der Waals surface area contributed by atoms with Gasteiger partial charge in [-0.15, -0.1) is 11.3 Å². The van der Waals surface area contributed by atoms with E-state index in [9.17, 15) is 23.6 Å². The van der Waals surface area contributed by atoms with E-state index >= 15 is 0 Å². The highest BCUT2D eigenvalue weighted by atomic mass is 32.1. The first-order chi connectivity index (χ1) is 15.8. The van der Waals surface area contributed by atoms with E-state index in [1.165, 1.54) is 18.2 Å². The van der Waals surface area contributed by atoms with Crippen LogP contribution >= 0.6 is 11.3 Å². The summed E-state index contributed by atoms with van der Waals surface area (Å²) in [6.07, 6.45) is 3.60. The lowest BCUT2D eigenvalue weighted by atomic mass is 10.2. The molecule has 0 aliphatic carbocycles. The molecule has 0 spiro atoms. The molecule has 9 nitrogen and oxygen atoms in total. The first-order valence-corrected chi connectivity index (χ1v) is 11.2. The van der Waals surface area contributed by atoms with Crippen LogP contribution in [0.2, 0.25) is 0 Å². The van der Waals surface area contributed by atoms with Crippen molar-refractivity contribution in [1.82, 2.24) is 14.9 Å². The zero-order valence-corrected chi connectivity index (χ0v) is 18.6. The van der Waals surface area contributed by atoms with Gasteiger partial charge in [-0.05, 0) is 37.5 Å². The molecular weight excluding hydrogens is 451 g/mol. The van der Waals surface area contributed by atoms with Gasteiger partial charge >= 0.3 is 12.0 Å². The van der Waals surface area contributed by atoms with Crippen molar-refractivity contribution in [3.8, 4) is 0 Å². The van der Waals surface area contributed by atoms with Crippen molar-refractivity contribution in [2.75, 3.05) is 11.9 Å². The minimum Gasteiger partial charge on any atom is -0.451 e. The number of amides is 3. The van der Waals surface area contributed by atoms with E-state index < -0.39 is 30.3 Å². The molecule has 0 unspecified atom stereocenters. The summed E-state index contributed by atoms with van der Waals surface area (Å²) in [5.74, 6) is -1.62. The summed E-state index contributed by atoms with van der Waals surface area (Å²) in [4.78, 5) is 54.6. The molecule has 0 fully saturated rings. The molecule has 1 aliphatic heterocycles. The van der Waals surface area contributed by atoms with Gasteiger partial charge in [0, 0.05) is 13.0 Å². The van der Waals surface area contributed by atoms with Crippen molar-refractivity contribution in [3.63, 3.8) is 0 Å². The smallest absolute Gasteiger partial charge is 0.349 e. The average Bonchev–Trinajstić information content (AvgIpc) is 2.94. The quantitative estimate of drug-likeness (QED) is 0.563. The summed E-state index contributed by atoms with van der Waals surface area (Å²) in [6.45, 7) is 1.52. The van der Waals surface area contributed by atoms with Gasteiger partial charge in [0.1, 0.15) is 21.3 Å². The zero-order valence-electron chi connectivity index (χ0n) is 17.8. The number of aromatic nitrogens is 2. The Kier molecular flexibility index (Phi) is 6.50. The van der Waals surface area contributed by atoms with Gasteiger partial charge in [-0.25, -0.2) is 19.0 Å². The number of nitrogens with one attached hydrogen (secondary N) is 2. The van der Waals surface area contributed by atoms with Gasteiger partial charge in [-0.2, -0.15) is 0 Å². The van der Waals surface area contributed by atoms with Crippen LogP contribution in [0.25, 0.3) is 10.2 Å². The van der Waals surface area contributed by atoms with Crippen LogP contribution in [0.15, 0.2) is 29.1 Å².